The molecule has 0 rings (SSSR count). The fraction of sp³-hybridized carbons (Fsp3) is 0.727. The van der Waals surface area contributed by atoms with Crippen molar-refractivity contribution in [3.8, 4) is 0 Å². The smallest absolute Gasteiger partial charge is 0.249 e. The summed E-state index contributed by atoms with van der Waals surface area (Å²) < 4.78 is 0. The monoisotopic (exact) mass is 183 g/mol. The minimum atomic E-state index is -0.103. The van der Waals surface area contributed by atoms with Crippen LogP contribution in [0.15, 0.2) is 11.1 Å². The minimum absolute atomic E-state index is 0.103. The summed E-state index contributed by atoms with van der Waals surface area (Å²) in [6, 6.07) is 0. The first-order chi connectivity index (χ1) is 5.68. The van der Waals surface area contributed by atoms with E-state index in [1.807, 2.05) is 48.6 Å². The van der Waals surface area contributed by atoms with Crippen LogP contribution in [0.5, 0.6) is 0 Å². The Bertz CT molecular complexity index is 229. The third kappa shape index (κ3) is 3.21. The van der Waals surface area contributed by atoms with Crippen molar-refractivity contribution < 1.29 is 4.79 Å². The van der Waals surface area contributed by atoms with Crippen LogP contribution in [0.1, 0.15) is 41.5 Å². The van der Waals surface area contributed by atoms with Crippen molar-refractivity contribution >= 4 is 5.91 Å². The van der Waals surface area contributed by atoms with Crippen molar-refractivity contribution in [2.45, 2.75) is 47.1 Å². The Labute approximate surface area is 81.6 Å². The normalized spacial score (nSPS) is 11.0. The largest absolute Gasteiger partial charge is 0.337 e. The van der Waals surface area contributed by atoms with Gasteiger partial charge in [0.2, 0.25) is 5.91 Å². The molecule has 0 radical (unpaired) electrons. The van der Waals surface area contributed by atoms with Crippen LogP contribution in [-0.2, 0) is 4.79 Å². The van der Waals surface area contributed by atoms with Gasteiger partial charge in [0.15, 0.2) is 0 Å². The van der Waals surface area contributed by atoms with Gasteiger partial charge in [0, 0.05) is 18.2 Å². The van der Waals surface area contributed by atoms with Gasteiger partial charge in [-0.05, 0) is 41.5 Å². The van der Waals surface area contributed by atoms with E-state index in [2.05, 4.69) is 0 Å². The van der Waals surface area contributed by atoms with Gasteiger partial charge < -0.3 is 4.90 Å². The molecule has 0 aliphatic heterocycles. The summed E-state index contributed by atoms with van der Waals surface area (Å²) >= 11 is 0. The molecule has 0 unspecified atom stereocenters. The lowest BCUT2D eigenvalue weighted by molar-refractivity contribution is -0.129. The van der Waals surface area contributed by atoms with E-state index in [-0.39, 0.29) is 11.4 Å². The number of hydrogen-bond donors (Lipinski definition) is 0. The molecule has 0 heterocycles. The van der Waals surface area contributed by atoms with Gasteiger partial charge >= 0.3 is 0 Å². The Morgan fingerprint density at radius 3 is 1.69 bits per heavy atom. The van der Waals surface area contributed by atoms with Crippen LogP contribution in [0.4, 0.5) is 0 Å². The molecular weight excluding hydrogens is 162 g/mol. The number of likely N-dealkylation sites (N-methyl/N-ethyl adjacent to an activating group) is 1. The van der Waals surface area contributed by atoms with Gasteiger partial charge in [0.1, 0.15) is 0 Å². The molecule has 0 atom stereocenters. The van der Waals surface area contributed by atoms with Gasteiger partial charge in [-0.25, -0.2) is 0 Å². The molecule has 76 valence electrons. The molecule has 2 heteroatoms. The van der Waals surface area contributed by atoms with Crippen molar-refractivity contribution in [2.75, 3.05) is 7.05 Å². The summed E-state index contributed by atoms with van der Waals surface area (Å²) in [5, 5.41) is 0. The highest BCUT2D eigenvalue weighted by atomic mass is 16.2. The molecule has 0 bridgehead atoms. The summed E-state index contributed by atoms with van der Waals surface area (Å²) in [5.74, 6) is 0.118. The maximum atomic E-state index is 11.8. The lowest BCUT2D eigenvalue weighted by Crippen LogP contribution is -2.43. The second-order valence-corrected chi connectivity index (χ2v) is 4.66. The predicted molar refractivity (Wildman–Crippen MR) is 56.6 cm³/mol. The zero-order valence-corrected chi connectivity index (χ0v) is 9.86. The van der Waals surface area contributed by atoms with Crippen LogP contribution < -0.4 is 0 Å². The third-order valence-electron chi connectivity index (χ3n) is 2.38. The molecule has 0 saturated heterocycles. The molecule has 0 aliphatic rings. The number of nitrogens with zero attached hydrogens (tertiary/aromatic N) is 1. The molecule has 0 aliphatic carbocycles. The van der Waals surface area contributed by atoms with Gasteiger partial charge in [-0.2, -0.15) is 0 Å². The summed E-state index contributed by atoms with van der Waals surface area (Å²) in [6.07, 6.45) is 0. The van der Waals surface area contributed by atoms with E-state index in [1.165, 1.54) is 0 Å². The zero-order chi connectivity index (χ0) is 10.8. The van der Waals surface area contributed by atoms with E-state index in [1.54, 1.807) is 4.90 Å². The average molecular weight is 183 g/mol. The molecule has 1 amide bonds. The number of allylic oxidation sites excluding steroid dienone is 1. The molecule has 0 N–H and O–H groups in total. The van der Waals surface area contributed by atoms with Crippen LogP contribution in [0, 0.1) is 0 Å². The standard InChI is InChI=1S/C11H21NO/c1-8(2)9(3)10(13)12(7)11(4,5)6/h1-7H3. The first kappa shape index (κ1) is 12.2. The van der Waals surface area contributed by atoms with Crippen molar-refractivity contribution in [1.82, 2.24) is 4.90 Å². The van der Waals surface area contributed by atoms with Crippen molar-refractivity contribution in [1.29, 1.82) is 0 Å². The molecule has 0 fully saturated rings. The molecule has 2 nitrogen and oxygen atoms in total. The molecule has 0 aromatic rings. The number of amides is 1. The van der Waals surface area contributed by atoms with Crippen molar-refractivity contribution in [3.05, 3.63) is 11.1 Å². The maximum absolute atomic E-state index is 11.8. The topological polar surface area (TPSA) is 20.3 Å². The average Bonchev–Trinajstić information content (AvgIpc) is 1.98. The van der Waals surface area contributed by atoms with Crippen LogP contribution in [-0.4, -0.2) is 23.4 Å². The summed E-state index contributed by atoms with van der Waals surface area (Å²) in [7, 11) is 1.84. The highest BCUT2D eigenvalue weighted by Gasteiger charge is 2.23. The second-order valence-electron chi connectivity index (χ2n) is 4.66. The third-order valence-corrected chi connectivity index (χ3v) is 2.38. The van der Waals surface area contributed by atoms with Gasteiger partial charge in [0.05, 0.1) is 0 Å². The van der Waals surface area contributed by atoms with Crippen molar-refractivity contribution in [2.24, 2.45) is 0 Å². The number of hydrogen-bond acceptors (Lipinski definition) is 1. The van der Waals surface area contributed by atoms with Gasteiger partial charge in [0.25, 0.3) is 0 Å². The molecule has 0 aromatic heterocycles. The fourth-order valence-electron chi connectivity index (χ4n) is 0.770. The quantitative estimate of drug-likeness (QED) is 0.572. The Morgan fingerprint density at radius 1 is 1.08 bits per heavy atom. The fourth-order valence-corrected chi connectivity index (χ4v) is 0.770. The van der Waals surface area contributed by atoms with E-state index in [0.29, 0.717) is 0 Å². The van der Waals surface area contributed by atoms with E-state index in [9.17, 15) is 4.79 Å². The predicted octanol–water partition coefficient (Wildman–Crippen LogP) is 2.60. The van der Waals surface area contributed by atoms with E-state index in [4.69, 9.17) is 0 Å². The highest BCUT2D eigenvalue weighted by Crippen LogP contribution is 2.15. The molecule has 0 aromatic carbocycles. The van der Waals surface area contributed by atoms with Crippen LogP contribution in [0.3, 0.4) is 0 Å². The summed E-state index contributed by atoms with van der Waals surface area (Å²) in [4.78, 5) is 13.6. The van der Waals surface area contributed by atoms with E-state index >= 15 is 0 Å². The van der Waals surface area contributed by atoms with Gasteiger partial charge in [-0.3, -0.25) is 4.79 Å². The maximum Gasteiger partial charge on any atom is 0.249 e. The Kier molecular flexibility index (Phi) is 3.71. The first-order valence-electron chi connectivity index (χ1n) is 4.60. The minimum Gasteiger partial charge on any atom is -0.337 e. The Hall–Kier alpha value is -0.790. The highest BCUT2D eigenvalue weighted by molar-refractivity contribution is 5.93. The lowest BCUT2D eigenvalue weighted by atomic mass is 10.0. The SMILES string of the molecule is CC(C)=C(C)C(=O)N(C)C(C)(C)C. The van der Waals surface area contributed by atoms with Crippen LogP contribution in [0.25, 0.3) is 0 Å². The van der Waals surface area contributed by atoms with Crippen LogP contribution in [0.2, 0.25) is 0 Å². The first-order valence-corrected chi connectivity index (χ1v) is 4.60. The molecule has 0 spiro atoms. The van der Waals surface area contributed by atoms with Gasteiger partial charge in [-0.1, -0.05) is 5.57 Å². The second kappa shape index (κ2) is 3.95. The van der Waals surface area contributed by atoms with Crippen LogP contribution >= 0.6 is 0 Å². The zero-order valence-electron chi connectivity index (χ0n) is 9.86. The molecular formula is C11H21NO. The summed E-state index contributed by atoms with van der Waals surface area (Å²) in [6.45, 7) is 11.9. The summed E-state index contributed by atoms with van der Waals surface area (Å²) in [5.41, 5.74) is 1.83. The number of carbonyl (C=O) groups is 1. The molecule has 13 heavy (non-hydrogen) atoms. The van der Waals surface area contributed by atoms with Crippen molar-refractivity contribution in [3.63, 3.8) is 0 Å². The van der Waals surface area contributed by atoms with E-state index in [0.717, 1.165) is 11.1 Å². The molecule has 0 saturated carbocycles. The number of carbonyl (C=O) groups excluding carboxylic acids is 1. The Balaban J connectivity index is 4.74. The lowest BCUT2D eigenvalue weighted by Gasteiger charge is -2.32. The Morgan fingerprint density at radius 2 is 1.46 bits per heavy atom. The van der Waals surface area contributed by atoms with Gasteiger partial charge in [-0.15, -0.1) is 0 Å². The van der Waals surface area contributed by atoms with E-state index < -0.39 is 0 Å². The number of rotatable bonds is 1.